The molecule has 1 unspecified atom stereocenters. The molecule has 1 aliphatic rings. The molecule has 1 aromatic rings. The van der Waals surface area contributed by atoms with Crippen LogP contribution in [0.3, 0.4) is 0 Å². The van der Waals surface area contributed by atoms with Gasteiger partial charge in [-0.1, -0.05) is 6.07 Å². The van der Waals surface area contributed by atoms with Crippen molar-refractivity contribution in [2.75, 3.05) is 13.1 Å². The first-order chi connectivity index (χ1) is 7.59. The summed E-state index contributed by atoms with van der Waals surface area (Å²) in [7, 11) is 0. The van der Waals surface area contributed by atoms with Crippen LogP contribution < -0.4 is 5.32 Å². The van der Waals surface area contributed by atoms with E-state index in [1.54, 1.807) is 0 Å². The lowest BCUT2D eigenvalue weighted by molar-refractivity contribution is 0.446. The first-order valence-electron chi connectivity index (χ1n) is 5.81. The maximum atomic E-state index is 12.0. The van der Waals surface area contributed by atoms with Gasteiger partial charge in [0.2, 0.25) is 0 Å². The Morgan fingerprint density at radius 1 is 1.38 bits per heavy atom. The van der Waals surface area contributed by atoms with Crippen LogP contribution in [0.1, 0.15) is 30.9 Å². The van der Waals surface area contributed by atoms with Gasteiger partial charge in [-0.2, -0.15) is 0 Å². The van der Waals surface area contributed by atoms with E-state index in [9.17, 15) is 4.55 Å². The summed E-state index contributed by atoms with van der Waals surface area (Å²) < 4.78 is 12.0. The first kappa shape index (κ1) is 12.0. The molecule has 1 fully saturated rings. The molecule has 1 heterocycles. The molecular formula is C13H19NOS. The molecule has 0 radical (unpaired) electrons. The Bertz CT molecular complexity index is 374. The highest BCUT2D eigenvalue weighted by atomic mass is 32.2. The van der Waals surface area contributed by atoms with Gasteiger partial charge in [-0.05, 0) is 55.2 Å². The molecule has 16 heavy (non-hydrogen) atoms. The van der Waals surface area contributed by atoms with Crippen molar-refractivity contribution in [2.24, 2.45) is 0 Å². The lowest BCUT2D eigenvalue weighted by atomic mass is 9.90. The van der Waals surface area contributed by atoms with Gasteiger partial charge in [-0.15, -0.1) is 0 Å². The molecule has 0 amide bonds. The Morgan fingerprint density at radius 3 is 2.50 bits per heavy atom. The summed E-state index contributed by atoms with van der Waals surface area (Å²) >= 11 is -0.866. The second-order valence-corrected chi connectivity index (χ2v) is 6.73. The standard InChI is InChI=1S/C13H19NOS/c1-9(2)16(15)12-4-5-13(10(3)6-12)11-7-14-8-11/h4-6,9,11,14H,7-8H2,1-3H3. The minimum atomic E-state index is -0.866. The van der Waals surface area contributed by atoms with Gasteiger partial charge in [0.05, 0.1) is 0 Å². The second-order valence-electron chi connectivity index (χ2n) is 4.72. The third kappa shape index (κ3) is 2.26. The number of hydrogen-bond donors (Lipinski definition) is 1. The molecule has 2 rings (SSSR count). The van der Waals surface area contributed by atoms with Gasteiger partial charge in [-0.25, -0.2) is 0 Å². The number of rotatable bonds is 3. The van der Waals surface area contributed by atoms with E-state index in [2.05, 4.69) is 24.4 Å². The zero-order valence-electron chi connectivity index (χ0n) is 10.1. The molecule has 0 bridgehead atoms. The topological polar surface area (TPSA) is 35.1 Å². The lowest BCUT2D eigenvalue weighted by Crippen LogP contribution is -2.40. The van der Waals surface area contributed by atoms with E-state index >= 15 is 0 Å². The molecule has 1 aliphatic heterocycles. The van der Waals surface area contributed by atoms with E-state index in [0.717, 1.165) is 18.0 Å². The van der Waals surface area contributed by atoms with Crippen molar-refractivity contribution in [1.29, 1.82) is 0 Å². The van der Waals surface area contributed by atoms with E-state index in [1.807, 2.05) is 19.9 Å². The average molecular weight is 237 g/mol. The summed E-state index contributed by atoms with van der Waals surface area (Å²) in [6.07, 6.45) is 0. The molecule has 1 aromatic carbocycles. The van der Waals surface area contributed by atoms with Crippen LogP contribution in [0.25, 0.3) is 0 Å². The van der Waals surface area contributed by atoms with Gasteiger partial charge < -0.3 is 9.87 Å². The summed E-state index contributed by atoms with van der Waals surface area (Å²) in [4.78, 5) is 0.962. The first-order valence-corrected chi connectivity index (χ1v) is 7.02. The molecule has 1 atom stereocenters. The maximum absolute atomic E-state index is 12.0. The number of aryl methyl sites for hydroxylation is 1. The second kappa shape index (κ2) is 4.78. The van der Waals surface area contributed by atoms with E-state index in [-0.39, 0.29) is 5.25 Å². The smallest absolute Gasteiger partial charge is 0.153 e. The van der Waals surface area contributed by atoms with Crippen LogP contribution in [-0.2, 0) is 11.2 Å². The average Bonchev–Trinajstić information content (AvgIpc) is 2.17. The van der Waals surface area contributed by atoms with E-state index in [0.29, 0.717) is 5.92 Å². The molecule has 1 N–H and O–H groups in total. The Balaban J connectivity index is 2.21. The highest BCUT2D eigenvalue weighted by Crippen LogP contribution is 2.26. The third-order valence-electron chi connectivity index (χ3n) is 3.12. The molecule has 0 spiro atoms. The largest absolute Gasteiger partial charge is 0.611 e. The van der Waals surface area contributed by atoms with Crippen molar-refractivity contribution in [3.63, 3.8) is 0 Å². The van der Waals surface area contributed by atoms with E-state index in [1.165, 1.54) is 11.1 Å². The monoisotopic (exact) mass is 237 g/mol. The van der Waals surface area contributed by atoms with Gasteiger partial charge in [-0.3, -0.25) is 0 Å². The lowest BCUT2D eigenvalue weighted by Gasteiger charge is -2.29. The molecule has 0 saturated carbocycles. The molecule has 3 heteroatoms. The normalized spacial score (nSPS) is 18.6. The fourth-order valence-corrected chi connectivity index (χ4v) is 3.05. The molecule has 1 saturated heterocycles. The number of hydrogen-bond acceptors (Lipinski definition) is 2. The fourth-order valence-electron chi connectivity index (χ4n) is 2.01. The molecule has 0 aliphatic carbocycles. The van der Waals surface area contributed by atoms with Crippen molar-refractivity contribution in [3.8, 4) is 0 Å². The predicted octanol–water partition coefficient (Wildman–Crippen LogP) is 2.20. The molecule has 0 aromatic heterocycles. The molecule has 2 nitrogen and oxygen atoms in total. The summed E-state index contributed by atoms with van der Waals surface area (Å²) in [6, 6.07) is 6.26. The maximum Gasteiger partial charge on any atom is 0.153 e. The molecule has 88 valence electrons. The van der Waals surface area contributed by atoms with E-state index < -0.39 is 11.2 Å². The summed E-state index contributed by atoms with van der Waals surface area (Å²) in [5.41, 5.74) is 2.68. The van der Waals surface area contributed by atoms with Crippen LogP contribution in [0.5, 0.6) is 0 Å². The fraction of sp³-hybridized carbons (Fsp3) is 0.538. The van der Waals surface area contributed by atoms with Gasteiger partial charge in [0, 0.05) is 19.0 Å². The quantitative estimate of drug-likeness (QED) is 0.818. The Labute approximate surface area is 101 Å². The van der Waals surface area contributed by atoms with Gasteiger partial charge in [0.1, 0.15) is 5.25 Å². The Hall–Kier alpha value is -0.510. The third-order valence-corrected chi connectivity index (χ3v) is 4.70. The summed E-state index contributed by atoms with van der Waals surface area (Å²) in [5, 5.41) is 3.47. The van der Waals surface area contributed by atoms with Crippen LogP contribution in [-0.4, -0.2) is 22.9 Å². The van der Waals surface area contributed by atoms with Crippen LogP contribution in [0.2, 0.25) is 0 Å². The van der Waals surface area contributed by atoms with Gasteiger partial charge in [0.15, 0.2) is 4.90 Å². The van der Waals surface area contributed by atoms with Crippen molar-refractivity contribution in [2.45, 2.75) is 36.8 Å². The highest BCUT2D eigenvalue weighted by Gasteiger charge is 2.22. The predicted molar refractivity (Wildman–Crippen MR) is 68.3 cm³/mol. The minimum absolute atomic E-state index is 0.190. The Kier molecular flexibility index (Phi) is 3.57. The van der Waals surface area contributed by atoms with E-state index in [4.69, 9.17) is 0 Å². The van der Waals surface area contributed by atoms with Crippen LogP contribution in [0, 0.1) is 6.92 Å². The zero-order chi connectivity index (χ0) is 11.7. The SMILES string of the molecule is Cc1cc([S+]([O-])C(C)C)ccc1C1CNC1. The Morgan fingerprint density at radius 2 is 2.06 bits per heavy atom. The van der Waals surface area contributed by atoms with Crippen molar-refractivity contribution >= 4 is 11.2 Å². The summed E-state index contributed by atoms with van der Waals surface area (Å²) in [6.45, 7) is 8.26. The zero-order valence-corrected chi connectivity index (χ0v) is 10.9. The van der Waals surface area contributed by atoms with Gasteiger partial charge in [0.25, 0.3) is 0 Å². The van der Waals surface area contributed by atoms with Crippen molar-refractivity contribution in [3.05, 3.63) is 29.3 Å². The van der Waals surface area contributed by atoms with Crippen molar-refractivity contribution < 1.29 is 4.55 Å². The van der Waals surface area contributed by atoms with Gasteiger partial charge >= 0.3 is 0 Å². The number of benzene rings is 1. The minimum Gasteiger partial charge on any atom is -0.611 e. The van der Waals surface area contributed by atoms with Crippen LogP contribution in [0.4, 0.5) is 0 Å². The molecular weight excluding hydrogens is 218 g/mol. The summed E-state index contributed by atoms with van der Waals surface area (Å²) in [5.74, 6) is 0.654. The van der Waals surface area contributed by atoms with Crippen LogP contribution >= 0.6 is 0 Å². The highest BCUT2D eigenvalue weighted by molar-refractivity contribution is 7.92. The number of nitrogens with one attached hydrogen (secondary N) is 1. The van der Waals surface area contributed by atoms with Crippen molar-refractivity contribution in [1.82, 2.24) is 5.32 Å². The van der Waals surface area contributed by atoms with Crippen LogP contribution in [0.15, 0.2) is 23.1 Å².